The largest absolute Gasteiger partial charge is 0.495 e. The lowest BCUT2D eigenvalue weighted by molar-refractivity contribution is 0.413. The SMILES string of the molecule is COc1ccccc1N1CCN(c2ccccc2CN)CC1. The zero-order valence-corrected chi connectivity index (χ0v) is 13.0. The molecule has 0 aromatic heterocycles. The minimum atomic E-state index is 0.586. The first-order chi connectivity index (χ1) is 10.8. The van der Waals surface area contributed by atoms with Gasteiger partial charge in [-0.2, -0.15) is 0 Å². The second kappa shape index (κ2) is 6.71. The molecule has 0 amide bonds. The van der Waals surface area contributed by atoms with E-state index in [0.717, 1.165) is 31.9 Å². The molecule has 1 saturated heterocycles. The van der Waals surface area contributed by atoms with E-state index in [4.69, 9.17) is 10.5 Å². The fraction of sp³-hybridized carbons (Fsp3) is 0.333. The number of rotatable bonds is 4. The summed E-state index contributed by atoms with van der Waals surface area (Å²) in [6.07, 6.45) is 0. The van der Waals surface area contributed by atoms with Crippen LogP contribution in [0.1, 0.15) is 5.56 Å². The van der Waals surface area contributed by atoms with Gasteiger partial charge in [-0.05, 0) is 23.8 Å². The van der Waals surface area contributed by atoms with Crippen LogP contribution in [0.15, 0.2) is 48.5 Å². The molecule has 2 aromatic carbocycles. The van der Waals surface area contributed by atoms with E-state index in [0.29, 0.717) is 6.54 Å². The van der Waals surface area contributed by atoms with E-state index in [1.165, 1.54) is 16.9 Å². The molecule has 1 aliphatic rings. The predicted octanol–water partition coefficient (Wildman–Crippen LogP) is 2.48. The summed E-state index contributed by atoms with van der Waals surface area (Å²) in [6.45, 7) is 4.55. The standard InChI is InChI=1S/C18H23N3O/c1-22-18-9-5-4-8-17(18)21-12-10-20(11-13-21)16-7-3-2-6-15(16)14-19/h2-9H,10-14,19H2,1H3. The van der Waals surface area contributed by atoms with Gasteiger partial charge < -0.3 is 20.3 Å². The van der Waals surface area contributed by atoms with Gasteiger partial charge in [0.1, 0.15) is 5.75 Å². The number of ether oxygens (including phenoxy) is 1. The average Bonchev–Trinajstić information content (AvgIpc) is 2.62. The highest BCUT2D eigenvalue weighted by Crippen LogP contribution is 2.29. The van der Waals surface area contributed by atoms with Crippen molar-refractivity contribution in [1.82, 2.24) is 0 Å². The van der Waals surface area contributed by atoms with Crippen molar-refractivity contribution in [2.24, 2.45) is 5.73 Å². The van der Waals surface area contributed by atoms with Gasteiger partial charge in [0.05, 0.1) is 12.8 Å². The highest BCUT2D eigenvalue weighted by Gasteiger charge is 2.20. The third-order valence-electron chi connectivity index (χ3n) is 4.26. The van der Waals surface area contributed by atoms with Crippen LogP contribution in [0.2, 0.25) is 0 Å². The number of nitrogens with two attached hydrogens (primary N) is 1. The lowest BCUT2D eigenvalue weighted by atomic mass is 10.1. The summed E-state index contributed by atoms with van der Waals surface area (Å²) in [4.78, 5) is 4.81. The summed E-state index contributed by atoms with van der Waals surface area (Å²) in [5.74, 6) is 0.943. The van der Waals surface area contributed by atoms with Crippen LogP contribution in [-0.4, -0.2) is 33.3 Å². The lowest BCUT2D eigenvalue weighted by Gasteiger charge is -2.38. The van der Waals surface area contributed by atoms with Crippen LogP contribution >= 0.6 is 0 Å². The van der Waals surface area contributed by atoms with Gasteiger partial charge in [-0.15, -0.1) is 0 Å². The van der Waals surface area contributed by atoms with Crippen LogP contribution < -0.4 is 20.3 Å². The molecule has 3 rings (SSSR count). The number of methoxy groups -OCH3 is 1. The number of benzene rings is 2. The zero-order valence-electron chi connectivity index (χ0n) is 13.0. The Balaban J connectivity index is 1.73. The van der Waals surface area contributed by atoms with E-state index in [1.54, 1.807) is 7.11 Å². The highest BCUT2D eigenvalue weighted by atomic mass is 16.5. The van der Waals surface area contributed by atoms with Gasteiger partial charge in [0.2, 0.25) is 0 Å². The quantitative estimate of drug-likeness (QED) is 0.941. The monoisotopic (exact) mass is 297 g/mol. The Morgan fingerprint density at radius 2 is 1.41 bits per heavy atom. The molecule has 0 atom stereocenters. The summed E-state index contributed by atoms with van der Waals surface area (Å²) in [6, 6.07) is 16.6. The molecule has 0 radical (unpaired) electrons. The summed E-state index contributed by atoms with van der Waals surface area (Å²) >= 11 is 0. The van der Waals surface area contributed by atoms with E-state index >= 15 is 0 Å². The molecule has 0 spiro atoms. The number of hydrogen-bond donors (Lipinski definition) is 1. The molecule has 1 aliphatic heterocycles. The van der Waals surface area contributed by atoms with Gasteiger partial charge >= 0.3 is 0 Å². The molecular formula is C18H23N3O. The Labute approximate surface area is 132 Å². The second-order valence-corrected chi connectivity index (χ2v) is 5.48. The lowest BCUT2D eigenvalue weighted by Crippen LogP contribution is -2.47. The Kier molecular flexibility index (Phi) is 4.49. The number of nitrogens with zero attached hydrogens (tertiary/aromatic N) is 2. The summed E-state index contributed by atoms with van der Waals surface area (Å²) in [5.41, 5.74) is 9.52. The minimum Gasteiger partial charge on any atom is -0.495 e. The van der Waals surface area contributed by atoms with Crippen molar-refractivity contribution in [2.45, 2.75) is 6.54 Å². The van der Waals surface area contributed by atoms with Crippen molar-refractivity contribution < 1.29 is 4.74 Å². The Morgan fingerprint density at radius 1 is 0.864 bits per heavy atom. The molecule has 116 valence electrons. The Morgan fingerprint density at radius 3 is 2.05 bits per heavy atom. The van der Waals surface area contributed by atoms with E-state index in [1.807, 2.05) is 12.1 Å². The smallest absolute Gasteiger partial charge is 0.142 e. The van der Waals surface area contributed by atoms with Crippen molar-refractivity contribution in [3.8, 4) is 5.75 Å². The van der Waals surface area contributed by atoms with E-state index in [-0.39, 0.29) is 0 Å². The maximum atomic E-state index is 5.86. The predicted molar refractivity (Wildman–Crippen MR) is 91.8 cm³/mol. The molecule has 4 nitrogen and oxygen atoms in total. The van der Waals surface area contributed by atoms with Crippen LogP contribution in [0.5, 0.6) is 5.75 Å². The summed E-state index contributed by atoms with van der Waals surface area (Å²) < 4.78 is 5.47. The minimum absolute atomic E-state index is 0.586. The van der Waals surface area contributed by atoms with Crippen molar-refractivity contribution in [3.63, 3.8) is 0 Å². The molecule has 0 unspecified atom stereocenters. The topological polar surface area (TPSA) is 41.7 Å². The first-order valence-corrected chi connectivity index (χ1v) is 7.74. The molecular weight excluding hydrogens is 274 g/mol. The summed E-state index contributed by atoms with van der Waals surface area (Å²) in [5, 5.41) is 0. The van der Waals surface area contributed by atoms with Gasteiger partial charge in [0.15, 0.2) is 0 Å². The number of para-hydroxylation sites is 3. The maximum absolute atomic E-state index is 5.86. The number of piperazine rings is 1. The Bertz CT molecular complexity index is 566. The fourth-order valence-electron chi connectivity index (χ4n) is 3.07. The van der Waals surface area contributed by atoms with Gasteiger partial charge in [0.25, 0.3) is 0 Å². The van der Waals surface area contributed by atoms with Crippen LogP contribution in [0.3, 0.4) is 0 Å². The number of anilines is 2. The van der Waals surface area contributed by atoms with Gasteiger partial charge in [-0.25, -0.2) is 0 Å². The first-order valence-electron chi connectivity index (χ1n) is 7.74. The van der Waals surface area contributed by atoms with Crippen LogP contribution in [-0.2, 0) is 6.54 Å². The average molecular weight is 297 g/mol. The van der Waals surface area contributed by atoms with Crippen molar-refractivity contribution in [1.29, 1.82) is 0 Å². The van der Waals surface area contributed by atoms with Crippen LogP contribution in [0.4, 0.5) is 11.4 Å². The normalized spacial score (nSPS) is 15.0. The zero-order chi connectivity index (χ0) is 15.4. The van der Waals surface area contributed by atoms with Gasteiger partial charge in [-0.1, -0.05) is 30.3 Å². The van der Waals surface area contributed by atoms with Crippen LogP contribution in [0, 0.1) is 0 Å². The first kappa shape index (κ1) is 14.7. The third-order valence-corrected chi connectivity index (χ3v) is 4.26. The fourth-order valence-corrected chi connectivity index (χ4v) is 3.07. The van der Waals surface area contributed by atoms with E-state index < -0.39 is 0 Å². The molecule has 22 heavy (non-hydrogen) atoms. The molecule has 0 aliphatic carbocycles. The molecule has 1 fully saturated rings. The van der Waals surface area contributed by atoms with Crippen LogP contribution in [0.25, 0.3) is 0 Å². The second-order valence-electron chi connectivity index (χ2n) is 5.48. The van der Waals surface area contributed by atoms with E-state index in [9.17, 15) is 0 Å². The van der Waals surface area contributed by atoms with Crippen molar-refractivity contribution in [2.75, 3.05) is 43.1 Å². The van der Waals surface area contributed by atoms with Crippen molar-refractivity contribution >= 4 is 11.4 Å². The molecule has 0 bridgehead atoms. The molecule has 0 saturated carbocycles. The molecule has 1 heterocycles. The third kappa shape index (κ3) is 2.88. The molecule has 4 heteroatoms. The van der Waals surface area contributed by atoms with Gasteiger partial charge in [0, 0.05) is 38.4 Å². The maximum Gasteiger partial charge on any atom is 0.142 e. The summed E-state index contributed by atoms with van der Waals surface area (Å²) in [7, 11) is 1.73. The number of hydrogen-bond acceptors (Lipinski definition) is 4. The highest BCUT2D eigenvalue weighted by molar-refractivity contribution is 5.60. The Hall–Kier alpha value is -2.20. The molecule has 2 aromatic rings. The van der Waals surface area contributed by atoms with Gasteiger partial charge in [-0.3, -0.25) is 0 Å². The molecule has 2 N–H and O–H groups in total. The van der Waals surface area contributed by atoms with Crippen molar-refractivity contribution in [3.05, 3.63) is 54.1 Å². The van der Waals surface area contributed by atoms with E-state index in [2.05, 4.69) is 46.2 Å².